The van der Waals surface area contributed by atoms with Gasteiger partial charge in [-0.1, -0.05) is 29.8 Å². The van der Waals surface area contributed by atoms with Crippen molar-refractivity contribution in [3.8, 4) is 5.75 Å². The summed E-state index contributed by atoms with van der Waals surface area (Å²) >= 11 is 5.95. The number of nitrogens with zero attached hydrogens (tertiary/aromatic N) is 1. The Labute approximate surface area is 179 Å². The first-order chi connectivity index (χ1) is 14.5. The van der Waals surface area contributed by atoms with Crippen LogP contribution in [0, 0.1) is 0 Å². The number of Topliss-reactive ketones (excluding diaryl/α,β-unsaturated/α-hetero) is 1. The topological polar surface area (TPSA) is 76.1 Å². The van der Waals surface area contributed by atoms with E-state index in [2.05, 4.69) is 0 Å². The highest BCUT2D eigenvalue weighted by molar-refractivity contribution is 6.46. The van der Waals surface area contributed by atoms with Gasteiger partial charge in [0.2, 0.25) is 0 Å². The van der Waals surface area contributed by atoms with Crippen LogP contribution < -0.4 is 4.74 Å². The maximum absolute atomic E-state index is 13.0. The van der Waals surface area contributed by atoms with Crippen molar-refractivity contribution < 1.29 is 24.2 Å². The lowest BCUT2D eigenvalue weighted by molar-refractivity contribution is -0.140. The number of para-hydroxylation sites is 1. The van der Waals surface area contributed by atoms with Gasteiger partial charge in [-0.25, -0.2) is 0 Å². The summed E-state index contributed by atoms with van der Waals surface area (Å²) in [5.41, 5.74) is 1.08. The highest BCUT2D eigenvalue weighted by Crippen LogP contribution is 2.43. The number of carbonyl (C=O) groups is 2. The molecular weight excluding hydrogens is 406 g/mol. The Bertz CT molecular complexity index is 995. The third-order valence-electron chi connectivity index (χ3n) is 5.52. The van der Waals surface area contributed by atoms with Gasteiger partial charge in [-0.2, -0.15) is 0 Å². The molecule has 7 heteroatoms. The summed E-state index contributed by atoms with van der Waals surface area (Å²) in [6.07, 6.45) is 1.59. The van der Waals surface area contributed by atoms with E-state index in [0.29, 0.717) is 28.5 Å². The van der Waals surface area contributed by atoms with Gasteiger partial charge in [-0.05, 0) is 43.2 Å². The van der Waals surface area contributed by atoms with Gasteiger partial charge in [0.25, 0.3) is 11.7 Å². The number of ether oxygens (including phenoxy) is 2. The summed E-state index contributed by atoms with van der Waals surface area (Å²) in [7, 11) is 1.53. The van der Waals surface area contributed by atoms with E-state index < -0.39 is 17.7 Å². The number of aliphatic hydroxyl groups excluding tert-OH is 1. The predicted octanol–water partition coefficient (Wildman–Crippen LogP) is 3.95. The zero-order chi connectivity index (χ0) is 21.3. The molecule has 2 aromatic carbocycles. The lowest BCUT2D eigenvalue weighted by Gasteiger charge is -2.28. The number of rotatable bonds is 5. The fourth-order valence-electron chi connectivity index (χ4n) is 4.05. The summed E-state index contributed by atoms with van der Waals surface area (Å²) in [5, 5.41) is 11.5. The van der Waals surface area contributed by atoms with Crippen LogP contribution in [0.5, 0.6) is 5.75 Å². The third kappa shape index (κ3) is 3.68. The summed E-state index contributed by atoms with van der Waals surface area (Å²) in [5.74, 6) is -1.09. The smallest absolute Gasteiger partial charge is 0.295 e. The second-order valence-corrected chi connectivity index (χ2v) is 7.77. The Morgan fingerprint density at radius 1 is 1.20 bits per heavy atom. The number of amides is 1. The van der Waals surface area contributed by atoms with E-state index in [9.17, 15) is 14.7 Å². The number of hydrogen-bond donors (Lipinski definition) is 1. The molecule has 156 valence electrons. The molecule has 2 aliphatic rings. The van der Waals surface area contributed by atoms with E-state index in [1.165, 1.54) is 12.0 Å². The van der Waals surface area contributed by atoms with E-state index in [-0.39, 0.29) is 24.0 Å². The Morgan fingerprint density at radius 2 is 1.93 bits per heavy atom. The van der Waals surface area contributed by atoms with Crippen LogP contribution in [-0.4, -0.2) is 48.1 Å². The first-order valence-corrected chi connectivity index (χ1v) is 10.2. The van der Waals surface area contributed by atoms with E-state index >= 15 is 0 Å². The zero-order valence-electron chi connectivity index (χ0n) is 16.5. The Kier molecular flexibility index (Phi) is 5.79. The fourth-order valence-corrected chi connectivity index (χ4v) is 4.18. The molecule has 6 nitrogen and oxygen atoms in total. The van der Waals surface area contributed by atoms with E-state index in [1.807, 2.05) is 12.1 Å². The van der Waals surface area contributed by atoms with E-state index in [4.69, 9.17) is 21.1 Å². The van der Waals surface area contributed by atoms with Crippen LogP contribution in [-0.2, 0) is 14.3 Å². The molecule has 2 heterocycles. The normalized spacial score (nSPS) is 23.2. The van der Waals surface area contributed by atoms with Crippen molar-refractivity contribution in [2.24, 2.45) is 0 Å². The minimum atomic E-state index is -0.777. The molecule has 30 heavy (non-hydrogen) atoms. The molecule has 2 saturated heterocycles. The quantitative estimate of drug-likeness (QED) is 0.444. The molecule has 2 fully saturated rings. The summed E-state index contributed by atoms with van der Waals surface area (Å²) in [6, 6.07) is 12.9. The number of carbonyl (C=O) groups excluding carboxylic acids is 2. The zero-order valence-corrected chi connectivity index (χ0v) is 17.3. The van der Waals surface area contributed by atoms with Crippen LogP contribution >= 0.6 is 11.6 Å². The number of ketones is 1. The second-order valence-electron chi connectivity index (χ2n) is 7.34. The van der Waals surface area contributed by atoms with Crippen LogP contribution in [0.25, 0.3) is 5.76 Å². The minimum Gasteiger partial charge on any atom is -0.507 e. The molecule has 0 saturated carbocycles. The fraction of sp³-hybridized carbons (Fsp3) is 0.304. The number of likely N-dealkylation sites (tertiary alicyclic amines) is 1. The molecule has 1 amide bonds. The van der Waals surface area contributed by atoms with Gasteiger partial charge in [0.05, 0.1) is 24.8 Å². The first-order valence-electron chi connectivity index (χ1n) is 9.80. The molecule has 2 aliphatic heterocycles. The predicted molar refractivity (Wildman–Crippen MR) is 112 cm³/mol. The van der Waals surface area contributed by atoms with Crippen molar-refractivity contribution in [3.63, 3.8) is 0 Å². The largest absolute Gasteiger partial charge is 0.507 e. The van der Waals surface area contributed by atoms with Crippen molar-refractivity contribution in [2.75, 3.05) is 20.3 Å². The van der Waals surface area contributed by atoms with Crippen LogP contribution in [0.3, 0.4) is 0 Å². The standard InChI is InChI=1S/C23H22ClNO5/c1-29-18-7-3-2-6-17(18)20-19(21(26)14-8-10-15(24)11-9-14)22(27)23(28)25(20)13-16-5-4-12-30-16/h2-3,6-11,16,20,26H,4-5,12-13H2,1H3/b21-19+. The average molecular weight is 428 g/mol. The van der Waals surface area contributed by atoms with Gasteiger partial charge in [-0.15, -0.1) is 0 Å². The van der Waals surface area contributed by atoms with Crippen LogP contribution in [0.15, 0.2) is 54.1 Å². The highest BCUT2D eigenvalue weighted by atomic mass is 35.5. The van der Waals surface area contributed by atoms with Crippen molar-refractivity contribution in [2.45, 2.75) is 25.0 Å². The van der Waals surface area contributed by atoms with Crippen LogP contribution in [0.2, 0.25) is 5.02 Å². The third-order valence-corrected chi connectivity index (χ3v) is 5.77. The molecule has 0 bridgehead atoms. The van der Waals surface area contributed by atoms with E-state index in [0.717, 1.165) is 12.8 Å². The summed E-state index contributed by atoms with van der Waals surface area (Å²) in [4.78, 5) is 27.5. The van der Waals surface area contributed by atoms with Gasteiger partial charge in [0.1, 0.15) is 11.5 Å². The first kappa shape index (κ1) is 20.4. The molecular formula is C23H22ClNO5. The summed E-state index contributed by atoms with van der Waals surface area (Å²) < 4.78 is 11.2. The molecule has 0 radical (unpaired) electrons. The molecule has 2 atom stereocenters. The van der Waals surface area contributed by atoms with Gasteiger partial charge >= 0.3 is 0 Å². The van der Waals surface area contributed by atoms with Crippen molar-refractivity contribution in [1.29, 1.82) is 0 Å². The van der Waals surface area contributed by atoms with Crippen LogP contribution in [0.1, 0.15) is 30.0 Å². The number of aliphatic hydroxyl groups is 1. The molecule has 2 unspecified atom stereocenters. The Balaban J connectivity index is 1.86. The number of benzene rings is 2. The second kappa shape index (κ2) is 8.50. The highest BCUT2D eigenvalue weighted by Gasteiger charge is 2.47. The Morgan fingerprint density at radius 3 is 2.60 bits per heavy atom. The van der Waals surface area contributed by atoms with E-state index in [1.54, 1.807) is 36.4 Å². The molecule has 0 aromatic heterocycles. The maximum Gasteiger partial charge on any atom is 0.295 e. The lowest BCUT2D eigenvalue weighted by Crippen LogP contribution is -2.36. The number of hydrogen-bond acceptors (Lipinski definition) is 5. The summed E-state index contributed by atoms with van der Waals surface area (Å²) in [6.45, 7) is 0.906. The monoisotopic (exact) mass is 427 g/mol. The van der Waals surface area contributed by atoms with Gasteiger partial charge in [0, 0.05) is 29.3 Å². The lowest BCUT2D eigenvalue weighted by atomic mass is 9.94. The van der Waals surface area contributed by atoms with Gasteiger partial charge in [-0.3, -0.25) is 9.59 Å². The van der Waals surface area contributed by atoms with Gasteiger partial charge < -0.3 is 19.5 Å². The van der Waals surface area contributed by atoms with Crippen molar-refractivity contribution >= 4 is 29.1 Å². The maximum atomic E-state index is 13.0. The van der Waals surface area contributed by atoms with Crippen molar-refractivity contribution in [3.05, 3.63) is 70.3 Å². The van der Waals surface area contributed by atoms with Gasteiger partial charge in [0.15, 0.2) is 0 Å². The van der Waals surface area contributed by atoms with Crippen molar-refractivity contribution in [1.82, 2.24) is 4.90 Å². The molecule has 2 aromatic rings. The minimum absolute atomic E-state index is 0.0322. The SMILES string of the molecule is COc1ccccc1C1/C(=C(\O)c2ccc(Cl)cc2)C(=O)C(=O)N1CC1CCCO1. The molecule has 0 spiro atoms. The Hall–Kier alpha value is -2.83. The molecule has 4 rings (SSSR count). The number of halogens is 1. The van der Waals surface area contributed by atoms with Crippen LogP contribution in [0.4, 0.5) is 0 Å². The average Bonchev–Trinajstić information content (AvgIpc) is 3.36. The molecule has 1 N–H and O–H groups in total. The number of methoxy groups -OCH3 is 1. The molecule has 0 aliphatic carbocycles.